The molecule has 0 aliphatic rings. The number of alkyl halides is 3. The molecule has 0 aromatic rings. The van der Waals surface area contributed by atoms with Gasteiger partial charge in [0.1, 0.15) is 12.3 Å². The first-order chi connectivity index (χ1) is 7.08. The zero-order valence-electron chi connectivity index (χ0n) is 8.62. The quantitative estimate of drug-likeness (QED) is 0.733. The number of rotatable bonds is 6. The van der Waals surface area contributed by atoms with E-state index in [0.717, 1.165) is 0 Å². The SMILES string of the molecule is CCCN(CC(F)(F)F)S(=O)(=O)CC(N)=S. The van der Waals surface area contributed by atoms with Crippen LogP contribution in [0.1, 0.15) is 13.3 Å². The van der Waals surface area contributed by atoms with Crippen molar-refractivity contribution in [1.29, 1.82) is 0 Å². The van der Waals surface area contributed by atoms with E-state index in [1.54, 1.807) is 6.92 Å². The van der Waals surface area contributed by atoms with Gasteiger partial charge in [0.15, 0.2) is 0 Å². The van der Waals surface area contributed by atoms with Crippen LogP contribution in [-0.4, -0.2) is 42.7 Å². The van der Waals surface area contributed by atoms with Crippen LogP contribution in [0.15, 0.2) is 0 Å². The predicted octanol–water partition coefficient (Wildman–Crippen LogP) is 0.877. The van der Waals surface area contributed by atoms with Crippen LogP contribution in [0.4, 0.5) is 13.2 Å². The Kier molecular flexibility index (Phi) is 5.63. The van der Waals surface area contributed by atoms with E-state index in [4.69, 9.17) is 5.73 Å². The summed E-state index contributed by atoms with van der Waals surface area (Å²) in [7, 11) is -4.07. The van der Waals surface area contributed by atoms with Crippen LogP contribution >= 0.6 is 12.2 Å². The molecule has 0 saturated carbocycles. The smallest absolute Gasteiger partial charge is 0.392 e. The Morgan fingerprint density at radius 3 is 2.25 bits per heavy atom. The van der Waals surface area contributed by atoms with Gasteiger partial charge in [-0.25, -0.2) is 8.42 Å². The lowest BCUT2D eigenvalue weighted by Gasteiger charge is -2.22. The van der Waals surface area contributed by atoms with Crippen molar-refractivity contribution in [3.05, 3.63) is 0 Å². The minimum Gasteiger partial charge on any atom is -0.392 e. The first-order valence-corrected chi connectivity index (χ1v) is 6.43. The molecule has 0 amide bonds. The molecule has 9 heteroatoms. The van der Waals surface area contributed by atoms with Crippen LogP contribution < -0.4 is 5.73 Å². The van der Waals surface area contributed by atoms with Gasteiger partial charge in [-0.1, -0.05) is 19.1 Å². The molecular weight excluding hydrogens is 265 g/mol. The summed E-state index contributed by atoms with van der Waals surface area (Å²) in [6.45, 7) is -0.129. The highest BCUT2D eigenvalue weighted by Gasteiger charge is 2.35. The molecule has 0 bridgehead atoms. The normalized spacial score (nSPS) is 13.1. The summed E-state index contributed by atoms with van der Waals surface area (Å²) >= 11 is 4.38. The molecule has 16 heavy (non-hydrogen) atoms. The van der Waals surface area contributed by atoms with Crippen LogP contribution in [0, 0.1) is 0 Å². The minimum atomic E-state index is -4.57. The Bertz CT molecular complexity index is 340. The molecule has 0 aromatic heterocycles. The zero-order chi connectivity index (χ0) is 13.0. The molecule has 0 saturated heterocycles. The average Bonchev–Trinajstić information content (AvgIpc) is 1.98. The van der Waals surface area contributed by atoms with Gasteiger partial charge in [-0.2, -0.15) is 17.5 Å². The predicted molar refractivity (Wildman–Crippen MR) is 58.5 cm³/mol. The fourth-order valence-corrected chi connectivity index (χ4v) is 2.83. The number of hydrogen-bond acceptors (Lipinski definition) is 3. The minimum absolute atomic E-state index is 0.204. The van der Waals surface area contributed by atoms with Crippen molar-refractivity contribution in [2.45, 2.75) is 19.5 Å². The molecular formula is C7H13F3N2O2S2. The van der Waals surface area contributed by atoms with Gasteiger partial charge in [0.05, 0.1) is 4.99 Å². The van der Waals surface area contributed by atoms with E-state index in [9.17, 15) is 21.6 Å². The van der Waals surface area contributed by atoms with Crippen molar-refractivity contribution in [3.63, 3.8) is 0 Å². The number of hydrogen-bond donors (Lipinski definition) is 1. The van der Waals surface area contributed by atoms with Crippen molar-refractivity contribution in [2.24, 2.45) is 5.73 Å². The molecule has 0 heterocycles. The second-order valence-corrected chi connectivity index (χ2v) is 5.66. The summed E-state index contributed by atoms with van der Waals surface area (Å²) in [6, 6.07) is 0. The van der Waals surface area contributed by atoms with Crippen molar-refractivity contribution in [1.82, 2.24) is 4.31 Å². The standard InChI is InChI=1S/C7H13F3N2O2S2/c1-2-3-12(5-7(8,9)10)16(13,14)4-6(11)15/h2-5H2,1H3,(H2,11,15). The summed E-state index contributed by atoms with van der Waals surface area (Å²) in [6.07, 6.45) is -4.29. The van der Waals surface area contributed by atoms with E-state index in [2.05, 4.69) is 12.2 Å². The number of nitrogens with two attached hydrogens (primary N) is 1. The monoisotopic (exact) mass is 278 g/mol. The maximum absolute atomic E-state index is 12.1. The molecule has 0 radical (unpaired) electrons. The van der Waals surface area contributed by atoms with Crippen LogP contribution in [0.2, 0.25) is 0 Å². The number of sulfonamides is 1. The lowest BCUT2D eigenvalue weighted by molar-refractivity contribution is -0.136. The number of halogens is 3. The highest BCUT2D eigenvalue weighted by Crippen LogP contribution is 2.19. The lowest BCUT2D eigenvalue weighted by atomic mass is 10.5. The molecule has 0 aliphatic heterocycles. The molecule has 0 unspecified atom stereocenters. The Labute approximate surface area is 97.6 Å². The van der Waals surface area contributed by atoms with Gasteiger partial charge >= 0.3 is 6.18 Å². The third kappa shape index (κ3) is 6.23. The fraction of sp³-hybridized carbons (Fsp3) is 0.857. The van der Waals surface area contributed by atoms with E-state index in [1.807, 2.05) is 0 Å². The second kappa shape index (κ2) is 5.78. The van der Waals surface area contributed by atoms with Crippen LogP contribution in [0.3, 0.4) is 0 Å². The lowest BCUT2D eigenvalue weighted by Crippen LogP contribution is -2.42. The van der Waals surface area contributed by atoms with E-state index in [-0.39, 0.29) is 18.0 Å². The third-order valence-electron chi connectivity index (χ3n) is 1.55. The van der Waals surface area contributed by atoms with Crippen molar-refractivity contribution in [2.75, 3.05) is 18.8 Å². The first-order valence-electron chi connectivity index (χ1n) is 4.41. The van der Waals surface area contributed by atoms with Gasteiger partial charge < -0.3 is 5.73 Å². The molecule has 0 spiro atoms. The molecule has 4 nitrogen and oxygen atoms in total. The molecule has 0 fully saturated rings. The van der Waals surface area contributed by atoms with E-state index < -0.39 is 28.5 Å². The first kappa shape index (κ1) is 15.6. The van der Waals surface area contributed by atoms with E-state index in [1.165, 1.54) is 0 Å². The van der Waals surface area contributed by atoms with Gasteiger partial charge in [0.2, 0.25) is 10.0 Å². The van der Waals surface area contributed by atoms with Crippen LogP contribution in [0.5, 0.6) is 0 Å². The highest BCUT2D eigenvalue weighted by molar-refractivity contribution is 7.92. The van der Waals surface area contributed by atoms with E-state index in [0.29, 0.717) is 4.31 Å². The highest BCUT2D eigenvalue weighted by atomic mass is 32.2. The topological polar surface area (TPSA) is 63.4 Å². The van der Waals surface area contributed by atoms with E-state index >= 15 is 0 Å². The summed E-state index contributed by atoms with van der Waals surface area (Å²) in [5.41, 5.74) is 5.02. The van der Waals surface area contributed by atoms with Gasteiger partial charge in [-0.05, 0) is 6.42 Å². The summed E-state index contributed by atoms with van der Waals surface area (Å²) < 4.78 is 59.7. The number of thiocarbonyl (C=S) groups is 1. The Hall–Kier alpha value is -0.410. The molecule has 0 aromatic carbocycles. The maximum atomic E-state index is 12.1. The molecule has 2 N–H and O–H groups in total. The fourth-order valence-electron chi connectivity index (χ4n) is 1.04. The van der Waals surface area contributed by atoms with Crippen LogP contribution in [-0.2, 0) is 10.0 Å². The van der Waals surface area contributed by atoms with Crippen molar-refractivity contribution >= 4 is 27.2 Å². The Morgan fingerprint density at radius 1 is 1.44 bits per heavy atom. The van der Waals surface area contributed by atoms with Crippen LogP contribution in [0.25, 0.3) is 0 Å². The maximum Gasteiger partial charge on any atom is 0.402 e. The average molecular weight is 278 g/mol. The summed E-state index contributed by atoms with van der Waals surface area (Å²) in [5, 5.41) is 0. The number of nitrogens with zero attached hydrogens (tertiary/aromatic N) is 1. The van der Waals surface area contributed by atoms with Gasteiger partial charge in [0.25, 0.3) is 0 Å². The van der Waals surface area contributed by atoms with Crippen molar-refractivity contribution in [3.8, 4) is 0 Å². The zero-order valence-corrected chi connectivity index (χ0v) is 10.3. The Balaban J connectivity index is 4.83. The van der Waals surface area contributed by atoms with Gasteiger partial charge in [0, 0.05) is 6.54 Å². The molecule has 0 rings (SSSR count). The largest absolute Gasteiger partial charge is 0.402 e. The summed E-state index contributed by atoms with van der Waals surface area (Å²) in [5.74, 6) is -0.738. The summed E-state index contributed by atoms with van der Waals surface area (Å²) in [4.78, 5) is -0.344. The Morgan fingerprint density at radius 2 is 1.94 bits per heavy atom. The van der Waals surface area contributed by atoms with Gasteiger partial charge in [-0.15, -0.1) is 0 Å². The second-order valence-electron chi connectivity index (χ2n) is 3.17. The molecule has 0 atom stereocenters. The van der Waals surface area contributed by atoms with Gasteiger partial charge in [-0.3, -0.25) is 0 Å². The van der Waals surface area contributed by atoms with Crippen molar-refractivity contribution < 1.29 is 21.6 Å². The molecule has 0 aliphatic carbocycles. The third-order valence-corrected chi connectivity index (χ3v) is 3.65. The molecule has 96 valence electrons.